The highest BCUT2D eigenvalue weighted by Gasteiger charge is 2.21. The third kappa shape index (κ3) is 3.37. The Labute approximate surface area is 139 Å². The molecule has 3 rings (SSSR count). The standard InChI is InChI=1S/C16H19N5O3/c1-2-24-15-11-13(3-4-14(15)21(22)23)19-7-9-20(10-8-19)16-12-17-5-6-18-16/h3-6,11-12H,2,7-10H2,1H3. The topological polar surface area (TPSA) is 84.6 Å². The molecule has 8 nitrogen and oxygen atoms in total. The van der Waals surface area contributed by atoms with E-state index in [1.54, 1.807) is 30.7 Å². The Bertz CT molecular complexity index is 702. The summed E-state index contributed by atoms with van der Waals surface area (Å²) in [5.41, 5.74) is 0.932. The van der Waals surface area contributed by atoms with Gasteiger partial charge < -0.3 is 14.5 Å². The molecule has 24 heavy (non-hydrogen) atoms. The molecule has 0 saturated carbocycles. The van der Waals surface area contributed by atoms with E-state index in [0.29, 0.717) is 12.4 Å². The van der Waals surface area contributed by atoms with Crippen LogP contribution in [0, 0.1) is 10.1 Å². The first kappa shape index (κ1) is 16.0. The van der Waals surface area contributed by atoms with Crippen molar-refractivity contribution in [1.29, 1.82) is 0 Å². The van der Waals surface area contributed by atoms with Gasteiger partial charge in [-0.3, -0.25) is 15.1 Å². The molecule has 0 radical (unpaired) electrons. The summed E-state index contributed by atoms with van der Waals surface area (Å²) in [5.74, 6) is 1.19. The zero-order chi connectivity index (χ0) is 16.9. The number of benzene rings is 1. The van der Waals surface area contributed by atoms with Gasteiger partial charge in [0.1, 0.15) is 5.82 Å². The van der Waals surface area contributed by atoms with Crippen molar-refractivity contribution in [3.63, 3.8) is 0 Å². The molecule has 1 aliphatic heterocycles. The first-order valence-electron chi connectivity index (χ1n) is 7.86. The number of nitrogens with zero attached hydrogens (tertiary/aromatic N) is 5. The summed E-state index contributed by atoms with van der Waals surface area (Å²) < 4.78 is 5.42. The molecule has 0 unspecified atom stereocenters. The van der Waals surface area contributed by atoms with Crippen molar-refractivity contribution in [3.05, 3.63) is 46.9 Å². The van der Waals surface area contributed by atoms with Crippen LogP contribution in [-0.2, 0) is 0 Å². The molecule has 0 N–H and O–H groups in total. The molecule has 1 aromatic carbocycles. The molecule has 0 atom stereocenters. The summed E-state index contributed by atoms with van der Waals surface area (Å²) >= 11 is 0. The quantitative estimate of drug-likeness (QED) is 0.613. The molecule has 1 aromatic heterocycles. The molecule has 8 heteroatoms. The van der Waals surface area contributed by atoms with Crippen LogP contribution in [-0.4, -0.2) is 47.7 Å². The first-order valence-corrected chi connectivity index (χ1v) is 7.86. The van der Waals surface area contributed by atoms with Crippen LogP contribution in [0.5, 0.6) is 5.75 Å². The highest BCUT2D eigenvalue weighted by Crippen LogP contribution is 2.32. The number of aromatic nitrogens is 2. The fourth-order valence-electron chi connectivity index (χ4n) is 2.77. The van der Waals surface area contributed by atoms with Crippen LogP contribution >= 0.6 is 0 Å². The van der Waals surface area contributed by atoms with Crippen LogP contribution in [0.2, 0.25) is 0 Å². The van der Waals surface area contributed by atoms with E-state index in [9.17, 15) is 10.1 Å². The van der Waals surface area contributed by atoms with Gasteiger partial charge in [-0.1, -0.05) is 0 Å². The number of anilines is 2. The summed E-state index contributed by atoms with van der Waals surface area (Å²) in [6, 6.07) is 5.04. The van der Waals surface area contributed by atoms with E-state index in [0.717, 1.165) is 37.7 Å². The maximum atomic E-state index is 11.1. The molecule has 2 heterocycles. The van der Waals surface area contributed by atoms with Gasteiger partial charge in [-0.25, -0.2) is 4.98 Å². The largest absolute Gasteiger partial charge is 0.487 e. The number of piperazine rings is 1. The molecule has 1 fully saturated rings. The lowest BCUT2D eigenvalue weighted by Gasteiger charge is -2.36. The third-order valence-electron chi connectivity index (χ3n) is 3.96. The van der Waals surface area contributed by atoms with Crippen molar-refractivity contribution < 1.29 is 9.66 Å². The molecule has 1 saturated heterocycles. The van der Waals surface area contributed by atoms with Gasteiger partial charge in [0.25, 0.3) is 0 Å². The maximum Gasteiger partial charge on any atom is 0.311 e. The lowest BCUT2D eigenvalue weighted by atomic mass is 10.2. The number of hydrogen-bond donors (Lipinski definition) is 0. The number of nitro benzene ring substituents is 1. The Morgan fingerprint density at radius 1 is 1.21 bits per heavy atom. The molecule has 0 bridgehead atoms. The SMILES string of the molecule is CCOc1cc(N2CCN(c3cnccn3)CC2)ccc1[N+](=O)[O-]. The minimum absolute atomic E-state index is 0.00111. The van der Waals surface area contributed by atoms with Gasteiger partial charge in [0.15, 0.2) is 5.75 Å². The number of rotatable bonds is 5. The van der Waals surface area contributed by atoms with Gasteiger partial charge in [-0.15, -0.1) is 0 Å². The highest BCUT2D eigenvalue weighted by atomic mass is 16.6. The lowest BCUT2D eigenvalue weighted by Crippen LogP contribution is -2.46. The molecular weight excluding hydrogens is 310 g/mol. The van der Waals surface area contributed by atoms with E-state index in [2.05, 4.69) is 19.8 Å². The Morgan fingerprint density at radius 2 is 1.96 bits per heavy atom. The van der Waals surface area contributed by atoms with Crippen LogP contribution in [0.15, 0.2) is 36.8 Å². The number of ether oxygens (including phenoxy) is 1. The van der Waals surface area contributed by atoms with Gasteiger partial charge in [-0.2, -0.15) is 0 Å². The highest BCUT2D eigenvalue weighted by molar-refractivity contribution is 5.60. The van der Waals surface area contributed by atoms with Crippen molar-refractivity contribution in [2.75, 3.05) is 42.6 Å². The summed E-state index contributed by atoms with van der Waals surface area (Å²) in [4.78, 5) is 23.4. The third-order valence-corrected chi connectivity index (χ3v) is 3.96. The average Bonchev–Trinajstić information content (AvgIpc) is 2.63. The predicted octanol–water partition coefficient (Wildman–Crippen LogP) is 2.11. The second-order valence-electron chi connectivity index (χ2n) is 5.38. The first-order chi connectivity index (χ1) is 11.7. The summed E-state index contributed by atoms with van der Waals surface area (Å²) in [7, 11) is 0. The summed E-state index contributed by atoms with van der Waals surface area (Å²) in [6.07, 6.45) is 5.10. The minimum Gasteiger partial charge on any atom is -0.487 e. The number of hydrogen-bond acceptors (Lipinski definition) is 7. The van der Waals surface area contributed by atoms with Gasteiger partial charge in [0.2, 0.25) is 0 Å². The molecule has 0 amide bonds. The van der Waals surface area contributed by atoms with Crippen LogP contribution in [0.1, 0.15) is 6.92 Å². The van der Waals surface area contributed by atoms with Crippen LogP contribution in [0.3, 0.4) is 0 Å². The van der Waals surface area contributed by atoms with Crippen LogP contribution in [0.25, 0.3) is 0 Å². The van der Waals surface area contributed by atoms with Gasteiger partial charge in [-0.05, 0) is 13.0 Å². The van der Waals surface area contributed by atoms with E-state index < -0.39 is 4.92 Å². The van der Waals surface area contributed by atoms with E-state index >= 15 is 0 Å². The fraction of sp³-hybridized carbons (Fsp3) is 0.375. The normalized spacial score (nSPS) is 14.5. The summed E-state index contributed by atoms with van der Waals surface area (Å²) in [6.45, 7) is 5.46. The van der Waals surface area contributed by atoms with Crippen molar-refractivity contribution in [3.8, 4) is 5.75 Å². The minimum atomic E-state index is -0.416. The fourth-order valence-corrected chi connectivity index (χ4v) is 2.77. The van der Waals surface area contributed by atoms with Crippen molar-refractivity contribution in [2.24, 2.45) is 0 Å². The van der Waals surface area contributed by atoms with Crippen molar-refractivity contribution >= 4 is 17.2 Å². The van der Waals surface area contributed by atoms with E-state index in [1.807, 2.05) is 6.92 Å². The van der Waals surface area contributed by atoms with Gasteiger partial charge in [0.05, 0.1) is 17.7 Å². The van der Waals surface area contributed by atoms with Gasteiger partial charge >= 0.3 is 5.69 Å². The van der Waals surface area contributed by atoms with E-state index in [1.165, 1.54) is 6.07 Å². The Morgan fingerprint density at radius 3 is 2.58 bits per heavy atom. The molecule has 1 aliphatic rings. The van der Waals surface area contributed by atoms with Crippen molar-refractivity contribution in [2.45, 2.75) is 6.92 Å². The van der Waals surface area contributed by atoms with E-state index in [4.69, 9.17) is 4.74 Å². The Hall–Kier alpha value is -2.90. The Balaban J connectivity index is 1.72. The zero-order valence-electron chi connectivity index (χ0n) is 13.5. The molecule has 0 spiro atoms. The zero-order valence-corrected chi connectivity index (χ0v) is 13.5. The number of nitro groups is 1. The maximum absolute atomic E-state index is 11.1. The smallest absolute Gasteiger partial charge is 0.311 e. The predicted molar refractivity (Wildman–Crippen MR) is 90.7 cm³/mol. The second-order valence-corrected chi connectivity index (χ2v) is 5.38. The monoisotopic (exact) mass is 329 g/mol. The van der Waals surface area contributed by atoms with E-state index in [-0.39, 0.29) is 5.69 Å². The second kappa shape index (κ2) is 7.12. The van der Waals surface area contributed by atoms with Crippen LogP contribution < -0.4 is 14.5 Å². The average molecular weight is 329 g/mol. The van der Waals surface area contributed by atoms with Crippen LogP contribution in [0.4, 0.5) is 17.2 Å². The summed E-state index contributed by atoms with van der Waals surface area (Å²) in [5, 5.41) is 11.1. The molecule has 126 valence electrons. The Kier molecular flexibility index (Phi) is 4.74. The van der Waals surface area contributed by atoms with Gasteiger partial charge in [0, 0.05) is 56.4 Å². The van der Waals surface area contributed by atoms with Crippen molar-refractivity contribution in [1.82, 2.24) is 9.97 Å². The molecular formula is C16H19N5O3. The molecule has 0 aliphatic carbocycles. The molecule has 2 aromatic rings. The lowest BCUT2D eigenvalue weighted by molar-refractivity contribution is -0.385.